The molecule has 10 heteroatoms. The van der Waals surface area contributed by atoms with Gasteiger partial charge in [-0.1, -0.05) is 23.7 Å². The number of halogens is 4. The Hall–Kier alpha value is -2.94. The van der Waals surface area contributed by atoms with Crippen LogP contribution in [-0.4, -0.2) is 39.8 Å². The van der Waals surface area contributed by atoms with E-state index in [4.69, 9.17) is 17.4 Å². The average molecular weight is 438 g/mol. The zero-order chi connectivity index (χ0) is 22.1. The van der Waals surface area contributed by atoms with Crippen molar-refractivity contribution in [2.75, 3.05) is 6.54 Å². The van der Waals surface area contributed by atoms with Crippen LogP contribution in [0.1, 0.15) is 34.8 Å². The molecule has 1 aromatic heterocycles. The number of nitrogens with two attached hydrogens (primary N) is 1. The number of likely N-dealkylation sites (tertiary alicyclic amines) is 1. The smallest absolute Gasteiger partial charge is 0.330 e. The minimum absolute atomic E-state index is 0.219. The number of alkyl halides is 3. The summed E-state index contributed by atoms with van der Waals surface area (Å²) in [7, 11) is 0. The lowest BCUT2D eigenvalue weighted by molar-refractivity contribution is -0.137. The molecule has 0 spiro atoms. The highest BCUT2D eigenvalue weighted by molar-refractivity contribution is 6.45. The molecule has 6 nitrogen and oxygen atoms in total. The van der Waals surface area contributed by atoms with E-state index >= 15 is 0 Å². The molecule has 2 aromatic rings. The first-order chi connectivity index (χ1) is 14.1. The molecule has 1 aromatic carbocycles. The lowest BCUT2D eigenvalue weighted by Gasteiger charge is -2.35. The maximum Gasteiger partial charge on any atom is 0.417 e. The summed E-state index contributed by atoms with van der Waals surface area (Å²) in [6.45, 7) is 3.81. The van der Waals surface area contributed by atoms with Gasteiger partial charge in [-0.3, -0.25) is 4.79 Å². The second-order valence-corrected chi connectivity index (χ2v) is 7.23. The normalized spacial score (nSPS) is 20.1. The van der Waals surface area contributed by atoms with Crippen molar-refractivity contribution >= 4 is 34.7 Å². The summed E-state index contributed by atoms with van der Waals surface area (Å²) < 4.78 is 39.4. The molecule has 0 bridgehead atoms. The van der Waals surface area contributed by atoms with Crippen molar-refractivity contribution in [3.63, 3.8) is 0 Å². The first kappa shape index (κ1) is 21.8. The molecule has 1 unspecified atom stereocenters. The van der Waals surface area contributed by atoms with Crippen LogP contribution in [0.3, 0.4) is 0 Å². The lowest BCUT2D eigenvalue weighted by Crippen LogP contribution is -2.51. The summed E-state index contributed by atoms with van der Waals surface area (Å²) in [6.07, 6.45) is -2.67. The van der Waals surface area contributed by atoms with Crippen molar-refractivity contribution < 1.29 is 18.0 Å². The fraction of sp³-hybridized carbons (Fsp3) is 0.300. The molecule has 158 valence electrons. The van der Waals surface area contributed by atoms with Crippen molar-refractivity contribution in [1.29, 1.82) is 0 Å². The van der Waals surface area contributed by atoms with E-state index in [2.05, 4.69) is 15.1 Å². The molecule has 2 heterocycles. The topological polar surface area (TPSA) is 83.9 Å². The summed E-state index contributed by atoms with van der Waals surface area (Å²) in [5.41, 5.74) is 0.634. The number of carbonyl (C=O) groups excluding carboxylic acids is 1. The van der Waals surface area contributed by atoms with E-state index in [1.807, 2.05) is 13.0 Å². The maximum absolute atomic E-state index is 13.1. The second kappa shape index (κ2) is 8.43. The van der Waals surface area contributed by atoms with E-state index in [1.54, 1.807) is 19.2 Å². The van der Waals surface area contributed by atoms with Gasteiger partial charge >= 0.3 is 6.18 Å². The first-order valence-electron chi connectivity index (χ1n) is 9.08. The van der Waals surface area contributed by atoms with Crippen molar-refractivity contribution in [3.05, 3.63) is 58.2 Å². The van der Waals surface area contributed by atoms with Crippen LogP contribution >= 0.6 is 11.6 Å². The molecule has 0 aliphatic carbocycles. The SMILES string of the molecule is Cc1ccc(N=C2CCN(C(=O)c3cccc(C(F)(F)F)c3Cl)C(C)C2=NN)nc1. The molecule has 1 fully saturated rings. The number of hydrogen-bond donors (Lipinski definition) is 1. The lowest BCUT2D eigenvalue weighted by atomic mass is 9.97. The number of piperidine rings is 1. The van der Waals surface area contributed by atoms with Gasteiger partial charge in [-0.25, -0.2) is 9.98 Å². The fourth-order valence-corrected chi connectivity index (χ4v) is 3.56. The van der Waals surface area contributed by atoms with E-state index in [0.717, 1.165) is 17.7 Å². The Kier molecular flexibility index (Phi) is 6.12. The summed E-state index contributed by atoms with van der Waals surface area (Å²) >= 11 is 5.92. The van der Waals surface area contributed by atoms with Crippen LogP contribution in [-0.2, 0) is 6.18 Å². The van der Waals surface area contributed by atoms with E-state index in [0.29, 0.717) is 23.7 Å². The third-order valence-corrected chi connectivity index (χ3v) is 5.24. The number of hydrogen-bond acceptors (Lipinski definition) is 5. The number of carbonyl (C=O) groups is 1. The Morgan fingerprint density at radius 1 is 1.30 bits per heavy atom. The third-order valence-electron chi connectivity index (χ3n) is 4.83. The van der Waals surface area contributed by atoms with Gasteiger partial charge in [0.05, 0.1) is 27.9 Å². The number of rotatable bonds is 2. The molecule has 3 rings (SSSR count). The zero-order valence-corrected chi connectivity index (χ0v) is 17.0. The Morgan fingerprint density at radius 3 is 2.63 bits per heavy atom. The summed E-state index contributed by atoms with van der Waals surface area (Å²) in [4.78, 5) is 23.1. The van der Waals surface area contributed by atoms with Crippen molar-refractivity contribution in [3.8, 4) is 0 Å². The first-order valence-corrected chi connectivity index (χ1v) is 9.46. The molecule has 1 aliphatic heterocycles. The molecule has 1 aliphatic rings. The zero-order valence-electron chi connectivity index (χ0n) is 16.2. The molecular formula is C20H19ClF3N5O. The Balaban J connectivity index is 1.90. The van der Waals surface area contributed by atoms with E-state index in [1.165, 1.54) is 11.0 Å². The van der Waals surface area contributed by atoms with Crippen LogP contribution in [0.15, 0.2) is 46.6 Å². The van der Waals surface area contributed by atoms with Crippen LogP contribution in [0.5, 0.6) is 0 Å². The second-order valence-electron chi connectivity index (χ2n) is 6.86. The van der Waals surface area contributed by atoms with E-state index in [-0.39, 0.29) is 12.1 Å². The van der Waals surface area contributed by atoms with Gasteiger partial charge in [0, 0.05) is 19.2 Å². The predicted molar refractivity (Wildman–Crippen MR) is 109 cm³/mol. The number of aliphatic imine (C=N–C) groups is 1. The quantitative estimate of drug-likeness (QED) is 0.558. The van der Waals surface area contributed by atoms with Gasteiger partial charge in [-0.2, -0.15) is 18.3 Å². The standard InChI is InChI=1S/C20H19ClF3N5O/c1-11-6-7-16(26-10-11)27-15-8-9-29(12(2)18(15)28-25)19(30)13-4-3-5-14(17(13)21)20(22,23)24/h3-7,10,12H,8-9,25H2,1-2H3. The average Bonchev–Trinajstić information content (AvgIpc) is 2.69. The van der Waals surface area contributed by atoms with Gasteiger partial charge in [-0.05, 0) is 37.6 Å². The number of hydrazone groups is 1. The number of aromatic nitrogens is 1. The summed E-state index contributed by atoms with van der Waals surface area (Å²) in [6, 6.07) is 6.27. The Bertz CT molecular complexity index is 1020. The maximum atomic E-state index is 13.1. The predicted octanol–water partition coefficient (Wildman–Crippen LogP) is 4.38. The van der Waals surface area contributed by atoms with Gasteiger partial charge in [0.25, 0.3) is 5.91 Å². The minimum Gasteiger partial charge on any atom is -0.330 e. The number of benzene rings is 1. The highest BCUT2D eigenvalue weighted by atomic mass is 35.5. The molecule has 1 saturated heterocycles. The minimum atomic E-state index is -4.66. The number of amides is 1. The highest BCUT2D eigenvalue weighted by Crippen LogP contribution is 2.37. The molecule has 0 saturated carbocycles. The summed E-state index contributed by atoms with van der Waals surface area (Å²) in [5, 5.41) is 3.15. The van der Waals surface area contributed by atoms with Gasteiger partial charge in [0.2, 0.25) is 0 Å². The van der Waals surface area contributed by atoms with Gasteiger partial charge in [0.15, 0.2) is 5.82 Å². The summed E-state index contributed by atoms with van der Waals surface area (Å²) in [5.74, 6) is 5.39. The van der Waals surface area contributed by atoms with Crippen LogP contribution in [0.4, 0.5) is 19.0 Å². The van der Waals surface area contributed by atoms with Crippen molar-refractivity contribution in [2.45, 2.75) is 32.5 Å². The molecule has 0 radical (unpaired) electrons. The fourth-order valence-electron chi connectivity index (χ4n) is 3.24. The Morgan fingerprint density at radius 2 is 2.03 bits per heavy atom. The van der Waals surface area contributed by atoms with Gasteiger partial charge in [0.1, 0.15) is 5.71 Å². The van der Waals surface area contributed by atoms with Gasteiger partial charge in [-0.15, -0.1) is 0 Å². The molecule has 1 amide bonds. The number of nitrogens with zero attached hydrogens (tertiary/aromatic N) is 4. The van der Waals surface area contributed by atoms with Crippen molar-refractivity contribution in [2.24, 2.45) is 15.9 Å². The molecular weight excluding hydrogens is 419 g/mol. The highest BCUT2D eigenvalue weighted by Gasteiger charge is 2.37. The van der Waals surface area contributed by atoms with Crippen LogP contribution in [0.2, 0.25) is 5.02 Å². The van der Waals surface area contributed by atoms with Gasteiger partial charge < -0.3 is 10.7 Å². The van der Waals surface area contributed by atoms with Crippen LogP contribution in [0.25, 0.3) is 0 Å². The third kappa shape index (κ3) is 4.30. The monoisotopic (exact) mass is 437 g/mol. The Labute approximate surface area is 176 Å². The number of aryl methyl sites for hydroxylation is 1. The largest absolute Gasteiger partial charge is 0.417 e. The van der Waals surface area contributed by atoms with Crippen molar-refractivity contribution in [1.82, 2.24) is 9.88 Å². The van der Waals surface area contributed by atoms with Crippen LogP contribution < -0.4 is 5.84 Å². The molecule has 1 atom stereocenters. The van der Waals surface area contributed by atoms with E-state index in [9.17, 15) is 18.0 Å². The molecule has 30 heavy (non-hydrogen) atoms. The van der Waals surface area contributed by atoms with Crippen LogP contribution in [0, 0.1) is 6.92 Å². The van der Waals surface area contributed by atoms with E-state index < -0.39 is 28.7 Å². The molecule has 2 N–H and O–H groups in total. The number of pyridine rings is 1.